The van der Waals surface area contributed by atoms with Crippen molar-refractivity contribution in [3.8, 4) is 5.75 Å². The third-order valence-electron chi connectivity index (χ3n) is 3.86. The maximum absolute atomic E-state index is 13.1. The quantitative estimate of drug-likeness (QED) is 0.228. The van der Waals surface area contributed by atoms with Crippen LogP contribution < -0.4 is 4.74 Å². The summed E-state index contributed by atoms with van der Waals surface area (Å²) >= 11 is 5.99. The van der Waals surface area contributed by atoms with Crippen molar-refractivity contribution in [2.45, 2.75) is 39.5 Å². The lowest BCUT2D eigenvalue weighted by atomic mass is 10.2. The van der Waals surface area contributed by atoms with E-state index in [1.54, 1.807) is 38.1 Å². The van der Waals surface area contributed by atoms with Gasteiger partial charge in [0.05, 0.1) is 26.1 Å². The smallest absolute Gasteiger partial charge is 0.378 e. The molecule has 160 valence electrons. The van der Waals surface area contributed by atoms with E-state index in [2.05, 4.69) is 0 Å². The summed E-state index contributed by atoms with van der Waals surface area (Å²) in [7, 11) is -3.75. The molecule has 29 heavy (non-hydrogen) atoms. The van der Waals surface area contributed by atoms with E-state index in [9.17, 15) is 9.36 Å². The second-order valence-corrected chi connectivity index (χ2v) is 8.57. The Balaban J connectivity index is 1.93. The number of benzene rings is 1. The number of hydrogen-bond acceptors (Lipinski definition) is 7. The summed E-state index contributed by atoms with van der Waals surface area (Å²) in [4.78, 5) is 12.3. The van der Waals surface area contributed by atoms with Crippen molar-refractivity contribution in [3.63, 3.8) is 0 Å². The highest BCUT2D eigenvalue weighted by molar-refractivity contribution is 7.54. The van der Waals surface area contributed by atoms with Crippen LogP contribution in [-0.2, 0) is 23.1 Å². The molecule has 2 aromatic rings. The van der Waals surface area contributed by atoms with Crippen LogP contribution in [0, 0.1) is 6.92 Å². The number of furan rings is 1. The Labute approximate surface area is 175 Å². The molecule has 1 aromatic heterocycles. The summed E-state index contributed by atoms with van der Waals surface area (Å²) in [6, 6.07) is 8.53. The average Bonchev–Trinajstić information content (AvgIpc) is 3.20. The minimum atomic E-state index is -3.75. The van der Waals surface area contributed by atoms with E-state index < -0.39 is 19.4 Å². The van der Waals surface area contributed by atoms with Gasteiger partial charge in [-0.05, 0) is 63.1 Å². The molecule has 0 N–H and O–H groups in total. The fraction of sp³-hybridized carbons (Fsp3) is 0.450. The van der Waals surface area contributed by atoms with Crippen molar-refractivity contribution in [2.75, 3.05) is 19.8 Å². The molecule has 0 bridgehead atoms. The molecule has 1 unspecified atom stereocenters. The number of halogens is 1. The molecule has 0 amide bonds. The molecule has 0 fully saturated rings. The molecule has 0 spiro atoms. The molecule has 1 aromatic carbocycles. The van der Waals surface area contributed by atoms with Crippen molar-refractivity contribution in [3.05, 3.63) is 52.9 Å². The van der Waals surface area contributed by atoms with Crippen LogP contribution in [0.15, 0.2) is 41.0 Å². The van der Waals surface area contributed by atoms with E-state index >= 15 is 0 Å². The lowest BCUT2D eigenvalue weighted by Crippen LogP contribution is -2.15. The highest BCUT2D eigenvalue weighted by Crippen LogP contribution is 2.61. The molecule has 0 aliphatic rings. The number of carbonyl (C=O) groups excluding carboxylic acids is 1. The van der Waals surface area contributed by atoms with Crippen LogP contribution in [0.25, 0.3) is 0 Å². The molecule has 0 aliphatic carbocycles. The minimum absolute atomic E-state index is 0.0715. The Kier molecular flexibility index (Phi) is 9.24. The van der Waals surface area contributed by atoms with Crippen LogP contribution in [0.5, 0.6) is 5.75 Å². The maximum Gasteiger partial charge on any atom is 0.378 e. The number of hydrogen-bond donors (Lipinski definition) is 0. The van der Waals surface area contributed by atoms with Crippen LogP contribution in [-0.4, -0.2) is 25.8 Å². The Bertz CT molecular complexity index is 812. The molecule has 1 heterocycles. The normalized spacial score (nSPS) is 12.6. The summed E-state index contributed by atoms with van der Waals surface area (Å²) in [5.41, 5.74) is 0.910. The van der Waals surface area contributed by atoms with E-state index in [1.807, 2.05) is 13.0 Å². The number of aryl methyl sites for hydroxylation is 1. The van der Waals surface area contributed by atoms with Crippen molar-refractivity contribution in [1.29, 1.82) is 0 Å². The third kappa shape index (κ3) is 6.89. The first-order chi connectivity index (χ1) is 13.9. The van der Waals surface area contributed by atoms with E-state index in [0.29, 0.717) is 23.8 Å². The second-order valence-electron chi connectivity index (χ2n) is 6.10. The van der Waals surface area contributed by atoms with Crippen molar-refractivity contribution < 1.29 is 32.3 Å². The highest BCUT2D eigenvalue weighted by Gasteiger charge is 2.42. The van der Waals surface area contributed by atoms with Crippen LogP contribution in [0.4, 0.5) is 0 Å². The zero-order valence-electron chi connectivity index (χ0n) is 16.8. The summed E-state index contributed by atoms with van der Waals surface area (Å²) in [5, 5.41) is 0.665. The first-order valence-corrected chi connectivity index (χ1v) is 11.4. The minimum Gasteiger partial charge on any atom is -0.494 e. The zero-order valence-corrected chi connectivity index (χ0v) is 18.4. The molecule has 1 atom stereocenters. The molecule has 7 nitrogen and oxygen atoms in total. The largest absolute Gasteiger partial charge is 0.494 e. The SMILES string of the molecule is CCOP(=O)(OCC)C(OC(=O)CCCOc1ccc(Cl)c(C)c1)c1ccco1. The van der Waals surface area contributed by atoms with Gasteiger partial charge in [-0.2, -0.15) is 0 Å². The first-order valence-electron chi connectivity index (χ1n) is 9.40. The summed E-state index contributed by atoms with van der Waals surface area (Å²) in [6.45, 7) is 5.85. The Morgan fingerprint density at radius 1 is 1.21 bits per heavy atom. The van der Waals surface area contributed by atoms with E-state index in [4.69, 9.17) is 34.5 Å². The van der Waals surface area contributed by atoms with Gasteiger partial charge >= 0.3 is 13.6 Å². The fourth-order valence-corrected chi connectivity index (χ4v) is 4.43. The molecule has 0 saturated carbocycles. The van der Waals surface area contributed by atoms with Crippen LogP contribution in [0.3, 0.4) is 0 Å². The van der Waals surface area contributed by atoms with Crippen molar-refractivity contribution in [2.24, 2.45) is 0 Å². The Morgan fingerprint density at radius 3 is 2.52 bits per heavy atom. The van der Waals surface area contributed by atoms with Crippen LogP contribution in [0.1, 0.15) is 43.9 Å². The van der Waals surface area contributed by atoms with Gasteiger partial charge in [-0.3, -0.25) is 9.36 Å². The summed E-state index contributed by atoms with van der Waals surface area (Å²) < 4.78 is 40.1. The molecule has 9 heteroatoms. The standard InChI is InChI=1S/C20H26ClO7P/c1-4-26-29(23,27-5-2)20(18-8-6-13-25-18)28-19(22)9-7-12-24-16-10-11-17(21)15(3)14-16/h6,8,10-11,13-14,20H,4-5,7,9,12H2,1-3H3. The lowest BCUT2D eigenvalue weighted by Gasteiger charge is -2.24. The Morgan fingerprint density at radius 2 is 1.93 bits per heavy atom. The molecule has 0 aliphatic heterocycles. The summed E-state index contributed by atoms with van der Waals surface area (Å²) in [5.74, 6) is -0.936. The average molecular weight is 445 g/mol. The van der Waals surface area contributed by atoms with Crippen molar-refractivity contribution in [1.82, 2.24) is 0 Å². The van der Waals surface area contributed by atoms with Gasteiger partial charge in [-0.25, -0.2) is 0 Å². The zero-order chi connectivity index (χ0) is 21.3. The first kappa shape index (κ1) is 23.5. The molecular formula is C20H26ClO7P. The van der Waals surface area contributed by atoms with Gasteiger partial charge in [-0.15, -0.1) is 0 Å². The molecule has 2 rings (SSSR count). The maximum atomic E-state index is 13.1. The molecule has 0 saturated heterocycles. The van der Waals surface area contributed by atoms with Crippen LogP contribution in [0.2, 0.25) is 5.02 Å². The van der Waals surface area contributed by atoms with E-state index in [1.165, 1.54) is 6.26 Å². The van der Waals surface area contributed by atoms with E-state index in [0.717, 1.165) is 5.56 Å². The summed E-state index contributed by atoms with van der Waals surface area (Å²) in [6.07, 6.45) is 1.89. The van der Waals surface area contributed by atoms with Gasteiger partial charge in [0.1, 0.15) is 5.75 Å². The molecular weight excluding hydrogens is 419 g/mol. The number of ether oxygens (including phenoxy) is 2. The Hall–Kier alpha value is -1.79. The number of esters is 1. The number of carbonyl (C=O) groups is 1. The van der Waals surface area contributed by atoms with Gasteiger partial charge in [0.15, 0.2) is 5.76 Å². The number of rotatable bonds is 12. The van der Waals surface area contributed by atoms with Gasteiger partial charge in [0, 0.05) is 11.4 Å². The monoisotopic (exact) mass is 444 g/mol. The fourth-order valence-electron chi connectivity index (χ4n) is 2.54. The van der Waals surface area contributed by atoms with Gasteiger partial charge in [0.25, 0.3) is 5.85 Å². The topological polar surface area (TPSA) is 84.2 Å². The van der Waals surface area contributed by atoms with E-state index in [-0.39, 0.29) is 25.4 Å². The predicted octanol–water partition coefficient (Wildman–Crippen LogP) is 5.91. The van der Waals surface area contributed by atoms with Gasteiger partial charge < -0.3 is 22.9 Å². The lowest BCUT2D eigenvalue weighted by molar-refractivity contribution is -0.147. The van der Waals surface area contributed by atoms with Crippen molar-refractivity contribution >= 4 is 25.2 Å². The predicted molar refractivity (Wildman–Crippen MR) is 109 cm³/mol. The third-order valence-corrected chi connectivity index (χ3v) is 6.45. The van der Waals surface area contributed by atoms with Crippen LogP contribution >= 0.6 is 19.2 Å². The highest BCUT2D eigenvalue weighted by atomic mass is 35.5. The van der Waals surface area contributed by atoms with Gasteiger partial charge in [0.2, 0.25) is 0 Å². The second kappa shape index (κ2) is 11.4. The van der Waals surface area contributed by atoms with Gasteiger partial charge in [-0.1, -0.05) is 11.6 Å². The molecule has 0 radical (unpaired) electrons.